The molecule has 0 atom stereocenters. The fraction of sp³-hybridized carbons (Fsp3) is 0.273. The Morgan fingerprint density at radius 3 is 2.13 bits per heavy atom. The van der Waals surface area contributed by atoms with E-state index in [2.05, 4.69) is 10.3 Å². The molecule has 2 N–H and O–H groups in total. The molecule has 0 bridgehead atoms. The highest BCUT2D eigenvalue weighted by atomic mass is 16.4. The van der Waals surface area contributed by atoms with Crippen LogP contribution in [-0.4, -0.2) is 22.8 Å². The normalized spacial score (nSPS) is 11.7. The standard InChI is InChI=1S/C11H14N2O2/c1-7-4-10(5-12-14)9(3)11(6-13-15)8(7)2/h4-6,14-15H,1-3H3/b12-5+,13-6+. The molecule has 1 rings (SSSR count). The van der Waals surface area contributed by atoms with Crippen LogP contribution in [0.2, 0.25) is 0 Å². The van der Waals surface area contributed by atoms with Crippen molar-refractivity contribution in [2.45, 2.75) is 20.8 Å². The van der Waals surface area contributed by atoms with Crippen molar-refractivity contribution >= 4 is 12.4 Å². The summed E-state index contributed by atoms with van der Waals surface area (Å²) in [6.07, 6.45) is 2.77. The average molecular weight is 206 g/mol. The van der Waals surface area contributed by atoms with Crippen LogP contribution >= 0.6 is 0 Å². The molecule has 4 heteroatoms. The SMILES string of the molecule is Cc1cc(/C=N/O)c(C)c(/C=N/O)c1C. The first-order valence-corrected chi connectivity index (χ1v) is 4.57. The van der Waals surface area contributed by atoms with Crippen molar-refractivity contribution in [3.8, 4) is 0 Å². The van der Waals surface area contributed by atoms with Gasteiger partial charge in [-0.3, -0.25) is 0 Å². The summed E-state index contributed by atoms with van der Waals surface area (Å²) in [7, 11) is 0. The van der Waals surface area contributed by atoms with E-state index in [1.54, 1.807) is 0 Å². The van der Waals surface area contributed by atoms with E-state index in [-0.39, 0.29) is 0 Å². The van der Waals surface area contributed by atoms with Gasteiger partial charge >= 0.3 is 0 Å². The first-order valence-electron chi connectivity index (χ1n) is 4.57. The van der Waals surface area contributed by atoms with Crippen molar-refractivity contribution < 1.29 is 10.4 Å². The molecule has 0 saturated carbocycles. The fourth-order valence-electron chi connectivity index (χ4n) is 1.55. The van der Waals surface area contributed by atoms with Crippen molar-refractivity contribution in [1.29, 1.82) is 0 Å². The highest BCUT2D eigenvalue weighted by Crippen LogP contribution is 2.19. The molecule has 0 aliphatic rings. The molecular weight excluding hydrogens is 192 g/mol. The number of nitrogens with zero attached hydrogens (tertiary/aromatic N) is 2. The molecule has 1 aromatic rings. The van der Waals surface area contributed by atoms with Crippen LogP contribution < -0.4 is 0 Å². The Morgan fingerprint density at radius 1 is 1.00 bits per heavy atom. The van der Waals surface area contributed by atoms with Gasteiger partial charge < -0.3 is 10.4 Å². The van der Waals surface area contributed by atoms with Crippen LogP contribution in [0, 0.1) is 20.8 Å². The third kappa shape index (κ3) is 2.15. The monoisotopic (exact) mass is 206 g/mol. The van der Waals surface area contributed by atoms with Crippen molar-refractivity contribution in [2.75, 3.05) is 0 Å². The Kier molecular flexibility index (Phi) is 3.44. The van der Waals surface area contributed by atoms with Gasteiger partial charge in [0.2, 0.25) is 0 Å². The van der Waals surface area contributed by atoms with Crippen molar-refractivity contribution in [2.24, 2.45) is 10.3 Å². The molecule has 0 aliphatic heterocycles. The van der Waals surface area contributed by atoms with E-state index in [0.717, 1.165) is 27.8 Å². The first kappa shape index (κ1) is 11.2. The van der Waals surface area contributed by atoms with E-state index < -0.39 is 0 Å². The van der Waals surface area contributed by atoms with E-state index in [1.165, 1.54) is 12.4 Å². The molecule has 0 radical (unpaired) electrons. The largest absolute Gasteiger partial charge is 0.411 e. The number of hydrogen-bond donors (Lipinski definition) is 2. The molecule has 0 amide bonds. The van der Waals surface area contributed by atoms with Crippen LogP contribution in [0.25, 0.3) is 0 Å². The van der Waals surface area contributed by atoms with Gasteiger partial charge in [-0.15, -0.1) is 0 Å². The minimum atomic E-state index is 0.815. The molecule has 80 valence electrons. The zero-order valence-corrected chi connectivity index (χ0v) is 9.02. The van der Waals surface area contributed by atoms with E-state index in [9.17, 15) is 0 Å². The highest BCUT2D eigenvalue weighted by molar-refractivity contribution is 5.91. The van der Waals surface area contributed by atoms with Gasteiger partial charge in [-0.1, -0.05) is 10.3 Å². The minimum absolute atomic E-state index is 0.815. The van der Waals surface area contributed by atoms with Crippen molar-refractivity contribution in [1.82, 2.24) is 0 Å². The van der Waals surface area contributed by atoms with Gasteiger partial charge in [0.05, 0.1) is 12.4 Å². The van der Waals surface area contributed by atoms with Gasteiger partial charge in [0.1, 0.15) is 0 Å². The number of benzene rings is 1. The van der Waals surface area contributed by atoms with Crippen LogP contribution in [0.1, 0.15) is 27.8 Å². The zero-order valence-electron chi connectivity index (χ0n) is 9.02. The van der Waals surface area contributed by atoms with Crippen molar-refractivity contribution in [3.05, 3.63) is 33.9 Å². The van der Waals surface area contributed by atoms with Gasteiger partial charge in [0, 0.05) is 5.56 Å². The molecule has 15 heavy (non-hydrogen) atoms. The summed E-state index contributed by atoms with van der Waals surface area (Å²) in [5.41, 5.74) is 4.71. The van der Waals surface area contributed by atoms with Gasteiger partial charge in [0.25, 0.3) is 0 Å². The molecule has 0 fully saturated rings. The number of oxime groups is 2. The smallest absolute Gasteiger partial charge is 0.0739 e. The summed E-state index contributed by atoms with van der Waals surface area (Å²) in [6, 6.07) is 1.93. The maximum atomic E-state index is 8.57. The summed E-state index contributed by atoms with van der Waals surface area (Å²) in [5.74, 6) is 0. The lowest BCUT2D eigenvalue weighted by Gasteiger charge is -2.10. The first-order chi connectivity index (χ1) is 7.11. The average Bonchev–Trinajstić information content (AvgIpc) is 2.21. The Morgan fingerprint density at radius 2 is 1.60 bits per heavy atom. The van der Waals surface area contributed by atoms with Crippen LogP contribution in [0.3, 0.4) is 0 Å². The van der Waals surface area contributed by atoms with Crippen molar-refractivity contribution in [3.63, 3.8) is 0 Å². The third-order valence-electron chi connectivity index (χ3n) is 2.59. The lowest BCUT2D eigenvalue weighted by molar-refractivity contribution is 0.321. The maximum absolute atomic E-state index is 8.57. The quantitative estimate of drug-likeness (QED) is 0.442. The zero-order chi connectivity index (χ0) is 11.4. The molecular formula is C11H14N2O2. The molecule has 4 nitrogen and oxygen atoms in total. The summed E-state index contributed by atoms with van der Waals surface area (Å²) in [4.78, 5) is 0. The van der Waals surface area contributed by atoms with E-state index in [0.29, 0.717) is 0 Å². The Bertz CT molecular complexity index is 423. The Labute approximate surface area is 88.5 Å². The molecule has 0 aliphatic carbocycles. The minimum Gasteiger partial charge on any atom is -0.411 e. The van der Waals surface area contributed by atoms with Gasteiger partial charge in [0.15, 0.2) is 0 Å². The molecule has 0 saturated heterocycles. The van der Waals surface area contributed by atoms with Crippen LogP contribution in [0.15, 0.2) is 16.4 Å². The van der Waals surface area contributed by atoms with E-state index >= 15 is 0 Å². The number of aryl methyl sites for hydroxylation is 1. The van der Waals surface area contributed by atoms with Crippen LogP contribution in [-0.2, 0) is 0 Å². The van der Waals surface area contributed by atoms with E-state index in [4.69, 9.17) is 10.4 Å². The van der Waals surface area contributed by atoms with Gasteiger partial charge in [-0.05, 0) is 49.1 Å². The second-order valence-corrected chi connectivity index (χ2v) is 3.44. The maximum Gasteiger partial charge on any atom is 0.0739 e. The highest BCUT2D eigenvalue weighted by Gasteiger charge is 2.07. The predicted octanol–water partition coefficient (Wildman–Crippen LogP) is 2.23. The number of rotatable bonds is 2. The topological polar surface area (TPSA) is 65.2 Å². The lowest BCUT2D eigenvalue weighted by Crippen LogP contribution is -2.00. The van der Waals surface area contributed by atoms with E-state index in [1.807, 2.05) is 26.8 Å². The molecule has 0 heterocycles. The second-order valence-electron chi connectivity index (χ2n) is 3.44. The molecule has 0 spiro atoms. The Balaban J connectivity index is 3.48. The summed E-state index contributed by atoms with van der Waals surface area (Å²) >= 11 is 0. The molecule has 0 unspecified atom stereocenters. The number of hydrogen-bond acceptors (Lipinski definition) is 4. The summed E-state index contributed by atoms with van der Waals surface area (Å²) in [6.45, 7) is 5.80. The second kappa shape index (κ2) is 4.59. The van der Waals surface area contributed by atoms with Gasteiger partial charge in [-0.25, -0.2) is 0 Å². The van der Waals surface area contributed by atoms with Crippen LogP contribution in [0.5, 0.6) is 0 Å². The molecule has 1 aromatic carbocycles. The third-order valence-corrected chi connectivity index (χ3v) is 2.59. The predicted molar refractivity (Wildman–Crippen MR) is 59.4 cm³/mol. The van der Waals surface area contributed by atoms with Crippen LogP contribution in [0.4, 0.5) is 0 Å². The summed E-state index contributed by atoms with van der Waals surface area (Å²) < 4.78 is 0. The molecule has 0 aromatic heterocycles. The Hall–Kier alpha value is -1.84. The summed E-state index contributed by atoms with van der Waals surface area (Å²) in [5, 5.41) is 23.1. The lowest BCUT2D eigenvalue weighted by atomic mass is 9.95. The fourth-order valence-corrected chi connectivity index (χ4v) is 1.55. The van der Waals surface area contributed by atoms with Gasteiger partial charge in [-0.2, -0.15) is 0 Å².